The molecule has 0 aliphatic carbocycles. The molecule has 0 aromatic rings. The highest BCUT2D eigenvalue weighted by Crippen LogP contribution is 2.16. The summed E-state index contributed by atoms with van der Waals surface area (Å²) in [6, 6.07) is 0.450. The zero-order valence-electron chi connectivity index (χ0n) is 6.95. The average molecular weight is 150 g/mol. The van der Waals surface area contributed by atoms with Crippen LogP contribution in [0.2, 0.25) is 0 Å². The molecule has 11 heavy (non-hydrogen) atoms. The lowest BCUT2D eigenvalue weighted by Gasteiger charge is -2.13. The molecule has 0 aromatic carbocycles. The Morgan fingerprint density at radius 1 is 1.82 bits per heavy atom. The number of rotatable bonds is 3. The van der Waals surface area contributed by atoms with Gasteiger partial charge in [-0.05, 0) is 19.2 Å². The Labute approximate surface area is 67.8 Å². The highest BCUT2D eigenvalue weighted by Gasteiger charge is 2.09. The van der Waals surface area contributed by atoms with Crippen molar-refractivity contribution in [3.63, 3.8) is 0 Å². The number of aliphatic imine (C=N–C) groups is 2. The molecule has 2 nitrogen and oxygen atoms in total. The van der Waals surface area contributed by atoms with E-state index in [4.69, 9.17) is 0 Å². The van der Waals surface area contributed by atoms with Gasteiger partial charge in [-0.3, -0.25) is 9.98 Å². The zero-order chi connectivity index (χ0) is 8.10. The molecule has 0 saturated heterocycles. The summed E-state index contributed by atoms with van der Waals surface area (Å²) in [7, 11) is 0. The normalized spacial score (nSPS) is 23.0. The maximum Gasteiger partial charge on any atom is 0.0554 e. The first-order valence-electron chi connectivity index (χ1n) is 4.06. The van der Waals surface area contributed by atoms with E-state index in [-0.39, 0.29) is 0 Å². The van der Waals surface area contributed by atoms with E-state index in [1.807, 2.05) is 12.3 Å². The van der Waals surface area contributed by atoms with Gasteiger partial charge in [0.1, 0.15) is 0 Å². The summed E-state index contributed by atoms with van der Waals surface area (Å²) in [5.41, 5.74) is 1.07. The smallest absolute Gasteiger partial charge is 0.0554 e. The summed E-state index contributed by atoms with van der Waals surface area (Å²) in [4.78, 5) is 8.23. The summed E-state index contributed by atoms with van der Waals surface area (Å²) in [6.07, 6.45) is 7.08. The molecule has 1 unspecified atom stereocenters. The van der Waals surface area contributed by atoms with Crippen molar-refractivity contribution in [3.8, 4) is 0 Å². The van der Waals surface area contributed by atoms with E-state index >= 15 is 0 Å². The molecule has 1 aliphatic heterocycles. The molecule has 2 heteroatoms. The van der Waals surface area contributed by atoms with Crippen LogP contribution < -0.4 is 0 Å². The van der Waals surface area contributed by atoms with Crippen LogP contribution in [0.15, 0.2) is 21.8 Å². The van der Waals surface area contributed by atoms with Crippen molar-refractivity contribution < 1.29 is 0 Å². The maximum atomic E-state index is 4.33. The second-order valence-corrected chi connectivity index (χ2v) is 2.76. The van der Waals surface area contributed by atoms with Gasteiger partial charge in [-0.25, -0.2) is 0 Å². The van der Waals surface area contributed by atoms with Gasteiger partial charge in [0, 0.05) is 18.3 Å². The molecule has 1 atom stereocenters. The largest absolute Gasteiger partial charge is 0.289 e. The molecule has 0 spiro atoms. The van der Waals surface area contributed by atoms with Gasteiger partial charge in [-0.15, -0.1) is 0 Å². The third kappa shape index (κ3) is 2.30. The van der Waals surface area contributed by atoms with Crippen molar-refractivity contribution in [1.29, 1.82) is 0 Å². The number of hydrogen-bond acceptors (Lipinski definition) is 2. The summed E-state index contributed by atoms with van der Waals surface area (Å²) in [5, 5.41) is 0. The van der Waals surface area contributed by atoms with Gasteiger partial charge in [0.2, 0.25) is 0 Å². The van der Waals surface area contributed by atoms with Crippen molar-refractivity contribution in [1.82, 2.24) is 0 Å². The Kier molecular flexibility index (Phi) is 3.02. The van der Waals surface area contributed by atoms with Gasteiger partial charge in [0.25, 0.3) is 0 Å². The maximum absolute atomic E-state index is 4.33. The van der Waals surface area contributed by atoms with Gasteiger partial charge in [0.15, 0.2) is 0 Å². The number of allylic oxidation sites excluding steroid dienone is 1. The topological polar surface area (TPSA) is 24.7 Å². The highest BCUT2D eigenvalue weighted by atomic mass is 14.8. The third-order valence-electron chi connectivity index (χ3n) is 1.83. The van der Waals surface area contributed by atoms with Crippen LogP contribution >= 0.6 is 0 Å². The first-order chi connectivity index (χ1) is 5.36. The van der Waals surface area contributed by atoms with E-state index in [0.717, 1.165) is 18.5 Å². The van der Waals surface area contributed by atoms with E-state index in [1.165, 1.54) is 6.42 Å². The van der Waals surface area contributed by atoms with Crippen LogP contribution in [0.4, 0.5) is 0 Å². The minimum atomic E-state index is 0.450. The average Bonchev–Trinajstić information content (AvgIpc) is 2.06. The lowest BCUT2D eigenvalue weighted by atomic mass is 10.1. The van der Waals surface area contributed by atoms with Crippen LogP contribution in [0, 0.1) is 0 Å². The van der Waals surface area contributed by atoms with E-state index in [9.17, 15) is 0 Å². The van der Waals surface area contributed by atoms with Gasteiger partial charge in [0.05, 0.1) is 6.04 Å². The van der Waals surface area contributed by atoms with Crippen molar-refractivity contribution in [2.24, 2.45) is 9.98 Å². The predicted molar refractivity (Wildman–Crippen MR) is 49.4 cm³/mol. The minimum absolute atomic E-state index is 0.450. The number of hydrogen-bond donors (Lipinski definition) is 0. The Balaban J connectivity index is 2.47. The second-order valence-electron chi connectivity index (χ2n) is 2.76. The van der Waals surface area contributed by atoms with Gasteiger partial charge in [-0.1, -0.05) is 13.3 Å². The Morgan fingerprint density at radius 3 is 3.27 bits per heavy atom. The Hall–Kier alpha value is -0.920. The first-order valence-corrected chi connectivity index (χ1v) is 4.06. The van der Waals surface area contributed by atoms with E-state index in [0.29, 0.717) is 6.04 Å². The molecular formula is C9H14N2. The molecule has 0 fully saturated rings. The van der Waals surface area contributed by atoms with Crippen LogP contribution in [-0.2, 0) is 0 Å². The van der Waals surface area contributed by atoms with Crippen molar-refractivity contribution in [3.05, 3.63) is 11.8 Å². The zero-order valence-corrected chi connectivity index (χ0v) is 6.95. The van der Waals surface area contributed by atoms with Gasteiger partial charge < -0.3 is 0 Å². The second kappa shape index (κ2) is 4.06. The van der Waals surface area contributed by atoms with Gasteiger partial charge in [-0.2, -0.15) is 0 Å². The summed E-state index contributed by atoms with van der Waals surface area (Å²) in [6.45, 7) is 5.67. The molecule has 1 aliphatic rings. The minimum Gasteiger partial charge on any atom is -0.289 e. The van der Waals surface area contributed by atoms with E-state index in [2.05, 4.69) is 23.6 Å². The van der Waals surface area contributed by atoms with Crippen LogP contribution in [-0.4, -0.2) is 19.0 Å². The van der Waals surface area contributed by atoms with E-state index < -0.39 is 0 Å². The van der Waals surface area contributed by atoms with Crippen LogP contribution in [0.3, 0.4) is 0 Å². The Morgan fingerprint density at radius 2 is 2.64 bits per heavy atom. The summed E-state index contributed by atoms with van der Waals surface area (Å²) in [5.74, 6) is 0. The molecule has 0 saturated carbocycles. The fourth-order valence-electron chi connectivity index (χ4n) is 1.24. The molecule has 0 N–H and O–H groups in total. The molecule has 1 heterocycles. The molecule has 0 bridgehead atoms. The van der Waals surface area contributed by atoms with Crippen LogP contribution in [0.25, 0.3) is 0 Å². The van der Waals surface area contributed by atoms with Crippen molar-refractivity contribution in [2.45, 2.75) is 32.2 Å². The highest BCUT2D eigenvalue weighted by molar-refractivity contribution is 5.73. The predicted octanol–water partition coefficient (Wildman–Crippen LogP) is 2.21. The third-order valence-corrected chi connectivity index (χ3v) is 1.83. The standard InChI is InChI=1S/C9H14N2/c1-3-4-9-7-8(10-2)5-6-11-9/h5-6,9H,2-4,7H2,1H3. The lowest BCUT2D eigenvalue weighted by Crippen LogP contribution is -2.08. The lowest BCUT2D eigenvalue weighted by molar-refractivity contribution is 0.596. The van der Waals surface area contributed by atoms with Crippen molar-refractivity contribution >= 4 is 12.9 Å². The molecule has 0 radical (unpaired) electrons. The molecule has 0 aromatic heterocycles. The SMILES string of the molecule is C=NC1=CC=NC(CCC)C1. The summed E-state index contributed by atoms with van der Waals surface area (Å²) < 4.78 is 0. The molecule has 60 valence electrons. The fraction of sp³-hybridized carbons (Fsp3) is 0.556. The Bertz CT molecular complexity index is 192. The van der Waals surface area contributed by atoms with E-state index in [1.54, 1.807) is 0 Å². The first kappa shape index (κ1) is 8.18. The van der Waals surface area contributed by atoms with Gasteiger partial charge >= 0.3 is 0 Å². The van der Waals surface area contributed by atoms with Crippen LogP contribution in [0.5, 0.6) is 0 Å². The number of nitrogens with zero attached hydrogens (tertiary/aromatic N) is 2. The quantitative estimate of drug-likeness (QED) is 0.551. The van der Waals surface area contributed by atoms with Crippen LogP contribution in [0.1, 0.15) is 26.2 Å². The van der Waals surface area contributed by atoms with Crippen molar-refractivity contribution in [2.75, 3.05) is 0 Å². The fourth-order valence-corrected chi connectivity index (χ4v) is 1.24. The molecule has 0 amide bonds. The number of dihydropyridines is 1. The molecular weight excluding hydrogens is 136 g/mol. The molecule has 1 rings (SSSR count). The monoisotopic (exact) mass is 150 g/mol. The summed E-state index contributed by atoms with van der Waals surface area (Å²) >= 11 is 0.